The standard InChI is InChI=1S/C13H9Cl2NO5/c1-5(17)19-13-11-9(12(18)20-13)10(16-21-11)7-3-2-6(14)4-8(7)15/h2-4,9,11,13H,1H3/t9-,11+,13+/m1/s1. The molecule has 110 valence electrons. The Morgan fingerprint density at radius 3 is 2.81 bits per heavy atom. The van der Waals surface area contributed by atoms with Crippen molar-refractivity contribution in [1.29, 1.82) is 0 Å². The minimum Gasteiger partial charge on any atom is -0.421 e. The zero-order valence-electron chi connectivity index (χ0n) is 10.7. The molecular weight excluding hydrogens is 321 g/mol. The summed E-state index contributed by atoms with van der Waals surface area (Å²) in [6.45, 7) is 1.22. The van der Waals surface area contributed by atoms with E-state index >= 15 is 0 Å². The van der Waals surface area contributed by atoms with Gasteiger partial charge in [-0.25, -0.2) is 0 Å². The lowest BCUT2D eigenvalue weighted by molar-refractivity contribution is -0.188. The highest BCUT2D eigenvalue weighted by Crippen LogP contribution is 2.36. The van der Waals surface area contributed by atoms with Gasteiger partial charge in [0, 0.05) is 17.5 Å². The summed E-state index contributed by atoms with van der Waals surface area (Å²) in [5, 5.41) is 4.69. The minimum absolute atomic E-state index is 0.335. The predicted molar refractivity (Wildman–Crippen MR) is 73.0 cm³/mol. The van der Waals surface area contributed by atoms with Crippen LogP contribution in [0.25, 0.3) is 0 Å². The zero-order chi connectivity index (χ0) is 15.1. The van der Waals surface area contributed by atoms with E-state index in [1.165, 1.54) is 13.0 Å². The number of hydrogen-bond donors (Lipinski definition) is 0. The third-order valence-corrected chi connectivity index (χ3v) is 3.69. The highest BCUT2D eigenvalue weighted by Gasteiger charge is 2.55. The molecule has 0 spiro atoms. The number of esters is 2. The van der Waals surface area contributed by atoms with Crippen LogP contribution in [0.1, 0.15) is 12.5 Å². The molecule has 1 aromatic rings. The maximum atomic E-state index is 12.0. The summed E-state index contributed by atoms with van der Waals surface area (Å²) in [5.41, 5.74) is 0.857. The molecule has 6 nitrogen and oxygen atoms in total. The fourth-order valence-corrected chi connectivity index (χ4v) is 2.77. The Hall–Kier alpha value is -1.79. The quantitative estimate of drug-likeness (QED) is 0.777. The molecule has 2 aliphatic heterocycles. The van der Waals surface area contributed by atoms with Gasteiger partial charge in [0.1, 0.15) is 11.6 Å². The highest BCUT2D eigenvalue weighted by molar-refractivity contribution is 6.37. The van der Waals surface area contributed by atoms with Gasteiger partial charge >= 0.3 is 11.9 Å². The maximum Gasteiger partial charge on any atom is 0.322 e. The predicted octanol–water partition coefficient (Wildman–Crippen LogP) is 2.16. The summed E-state index contributed by atoms with van der Waals surface area (Å²) in [6, 6.07) is 4.81. The molecule has 2 aliphatic rings. The number of benzene rings is 1. The van der Waals surface area contributed by atoms with Crippen LogP contribution in [0, 0.1) is 5.92 Å². The van der Waals surface area contributed by atoms with E-state index in [1.54, 1.807) is 12.1 Å². The molecule has 1 fully saturated rings. The number of cyclic esters (lactones) is 1. The third kappa shape index (κ3) is 2.45. The molecule has 3 atom stereocenters. The Bertz CT molecular complexity index is 660. The second-order valence-corrected chi connectivity index (χ2v) is 5.41. The first-order valence-corrected chi connectivity index (χ1v) is 6.80. The van der Waals surface area contributed by atoms with E-state index < -0.39 is 30.3 Å². The van der Waals surface area contributed by atoms with E-state index in [1.807, 2.05) is 0 Å². The molecule has 0 aromatic heterocycles. The molecule has 1 aromatic carbocycles. The molecule has 0 N–H and O–H groups in total. The fourth-order valence-electron chi connectivity index (χ4n) is 2.27. The van der Waals surface area contributed by atoms with Gasteiger partial charge in [0.15, 0.2) is 0 Å². The lowest BCUT2D eigenvalue weighted by atomic mass is 9.94. The van der Waals surface area contributed by atoms with Crippen molar-refractivity contribution in [2.45, 2.75) is 19.3 Å². The molecule has 0 unspecified atom stereocenters. The average Bonchev–Trinajstić information content (AvgIpc) is 2.92. The smallest absolute Gasteiger partial charge is 0.322 e. The van der Waals surface area contributed by atoms with E-state index in [0.29, 0.717) is 21.3 Å². The maximum absolute atomic E-state index is 12.0. The van der Waals surface area contributed by atoms with Gasteiger partial charge in [0.25, 0.3) is 6.29 Å². The molecule has 0 amide bonds. The van der Waals surface area contributed by atoms with E-state index in [2.05, 4.69) is 5.16 Å². The Morgan fingerprint density at radius 1 is 1.38 bits per heavy atom. The number of ether oxygens (including phenoxy) is 2. The number of carbonyl (C=O) groups excluding carboxylic acids is 2. The summed E-state index contributed by atoms with van der Waals surface area (Å²) < 4.78 is 9.89. The summed E-state index contributed by atoms with van der Waals surface area (Å²) in [4.78, 5) is 28.1. The van der Waals surface area contributed by atoms with Gasteiger partial charge in [-0.05, 0) is 12.1 Å². The molecule has 21 heavy (non-hydrogen) atoms. The first-order chi connectivity index (χ1) is 9.97. The van der Waals surface area contributed by atoms with Crippen LogP contribution in [0.5, 0.6) is 0 Å². The Kier molecular flexibility index (Phi) is 3.51. The molecule has 0 bridgehead atoms. The Balaban J connectivity index is 1.90. The molecule has 0 aliphatic carbocycles. The van der Waals surface area contributed by atoms with Gasteiger partial charge in [0.2, 0.25) is 6.10 Å². The molecule has 0 radical (unpaired) electrons. The Morgan fingerprint density at radius 2 is 2.14 bits per heavy atom. The first-order valence-electron chi connectivity index (χ1n) is 6.04. The second-order valence-electron chi connectivity index (χ2n) is 4.56. The van der Waals surface area contributed by atoms with Crippen molar-refractivity contribution in [3.8, 4) is 0 Å². The van der Waals surface area contributed by atoms with Crippen molar-refractivity contribution < 1.29 is 23.9 Å². The number of rotatable bonds is 2. The van der Waals surface area contributed by atoms with Crippen LogP contribution < -0.4 is 0 Å². The number of carbonyl (C=O) groups is 2. The summed E-state index contributed by atoms with van der Waals surface area (Å²) in [5.74, 6) is -1.93. The molecule has 3 rings (SSSR count). The van der Waals surface area contributed by atoms with E-state index in [9.17, 15) is 9.59 Å². The van der Waals surface area contributed by atoms with Crippen LogP contribution >= 0.6 is 23.2 Å². The van der Waals surface area contributed by atoms with Crippen LogP contribution in [0.3, 0.4) is 0 Å². The number of hydrogen-bond acceptors (Lipinski definition) is 6. The average molecular weight is 330 g/mol. The number of halogens is 2. The highest BCUT2D eigenvalue weighted by atomic mass is 35.5. The van der Waals surface area contributed by atoms with Gasteiger partial charge in [0.05, 0.1) is 5.02 Å². The monoisotopic (exact) mass is 329 g/mol. The molecule has 1 saturated heterocycles. The lowest BCUT2D eigenvalue weighted by Gasteiger charge is -2.13. The zero-order valence-corrected chi connectivity index (χ0v) is 12.2. The van der Waals surface area contributed by atoms with Crippen molar-refractivity contribution in [3.05, 3.63) is 33.8 Å². The lowest BCUT2D eigenvalue weighted by Crippen LogP contribution is -2.31. The van der Waals surface area contributed by atoms with Crippen LogP contribution in [-0.4, -0.2) is 30.0 Å². The Labute approximate surface area is 129 Å². The van der Waals surface area contributed by atoms with Gasteiger partial charge in [-0.3, -0.25) is 9.59 Å². The van der Waals surface area contributed by atoms with E-state index in [-0.39, 0.29) is 0 Å². The fraction of sp³-hybridized carbons (Fsp3) is 0.308. The second kappa shape index (κ2) is 5.20. The molecule has 0 saturated carbocycles. The molecule has 8 heteroatoms. The minimum atomic E-state index is -1.10. The molecular formula is C13H9Cl2NO5. The van der Waals surface area contributed by atoms with Crippen LogP contribution in [0.4, 0.5) is 0 Å². The van der Waals surface area contributed by atoms with Crippen LogP contribution in [0.2, 0.25) is 10.0 Å². The van der Waals surface area contributed by atoms with Crippen molar-refractivity contribution in [2.24, 2.45) is 11.1 Å². The van der Waals surface area contributed by atoms with Gasteiger partial charge < -0.3 is 14.3 Å². The van der Waals surface area contributed by atoms with E-state index in [0.717, 1.165) is 0 Å². The third-order valence-electron chi connectivity index (χ3n) is 3.14. The summed E-state index contributed by atoms with van der Waals surface area (Å²) in [6.07, 6.45) is -1.91. The first kappa shape index (κ1) is 14.2. The normalized spacial score (nSPS) is 26.7. The van der Waals surface area contributed by atoms with Crippen molar-refractivity contribution in [2.75, 3.05) is 0 Å². The van der Waals surface area contributed by atoms with Gasteiger partial charge in [-0.2, -0.15) is 0 Å². The van der Waals surface area contributed by atoms with Gasteiger partial charge in [-0.15, -0.1) is 0 Å². The largest absolute Gasteiger partial charge is 0.421 e. The topological polar surface area (TPSA) is 74.2 Å². The summed E-state index contributed by atoms with van der Waals surface area (Å²) in [7, 11) is 0. The van der Waals surface area contributed by atoms with Crippen LogP contribution in [-0.2, 0) is 23.9 Å². The van der Waals surface area contributed by atoms with Gasteiger partial charge in [-0.1, -0.05) is 34.4 Å². The van der Waals surface area contributed by atoms with Crippen LogP contribution in [0.15, 0.2) is 23.4 Å². The number of oxime groups is 1. The van der Waals surface area contributed by atoms with Crippen molar-refractivity contribution >= 4 is 40.9 Å². The van der Waals surface area contributed by atoms with E-state index in [4.69, 9.17) is 37.5 Å². The molecule has 2 heterocycles. The van der Waals surface area contributed by atoms with Crippen molar-refractivity contribution in [3.63, 3.8) is 0 Å². The number of nitrogens with zero attached hydrogens (tertiary/aromatic N) is 1. The SMILES string of the molecule is CC(=O)O[C@H]1OC(=O)[C@@H]2C(c3ccc(Cl)cc3Cl)=NO[C@H]12. The van der Waals surface area contributed by atoms with Crippen molar-refractivity contribution in [1.82, 2.24) is 0 Å². The summed E-state index contributed by atoms with van der Waals surface area (Å²) >= 11 is 11.9. The number of fused-ring (bicyclic) bond motifs is 1.